The molecule has 0 saturated carbocycles. The summed E-state index contributed by atoms with van der Waals surface area (Å²) in [6, 6.07) is 2.15. The number of nitrogens with one attached hydrogen (secondary N) is 2. The molecule has 0 spiro atoms. The molecule has 1 aliphatic heterocycles. The first-order chi connectivity index (χ1) is 13.9. The first-order valence-corrected chi connectivity index (χ1v) is 10.4. The zero-order chi connectivity index (χ0) is 20.7. The van der Waals surface area contributed by atoms with E-state index >= 15 is 0 Å². The maximum atomic E-state index is 6.19. The fraction of sp³-hybridized carbons (Fsp3) is 0.455. The number of nitrogens with zero attached hydrogens (tertiary/aromatic N) is 1. The predicted molar refractivity (Wildman–Crippen MR) is 118 cm³/mol. The molecule has 3 aromatic rings. The van der Waals surface area contributed by atoms with E-state index in [1.165, 1.54) is 5.56 Å². The van der Waals surface area contributed by atoms with Crippen LogP contribution in [0.15, 0.2) is 20.0 Å². The Kier molecular flexibility index (Phi) is 5.36. The topological polar surface area (TPSA) is 71.9 Å². The monoisotopic (exact) mass is 413 g/mol. The zero-order valence-electron chi connectivity index (χ0n) is 17.6. The van der Waals surface area contributed by atoms with Gasteiger partial charge in [0.05, 0.1) is 6.10 Å². The smallest absolute Gasteiger partial charge is 0.239 e. The van der Waals surface area contributed by atoms with Crippen molar-refractivity contribution in [2.24, 2.45) is 5.10 Å². The minimum Gasteiger partial charge on any atom is -0.461 e. The number of aryl methyl sites for hydroxylation is 4. The molecule has 0 bridgehead atoms. The van der Waals surface area contributed by atoms with Crippen LogP contribution in [0.2, 0.25) is 0 Å². The Labute approximate surface area is 175 Å². The van der Waals surface area contributed by atoms with Crippen LogP contribution in [0, 0.1) is 34.6 Å². The fourth-order valence-electron chi connectivity index (χ4n) is 3.82. The second kappa shape index (κ2) is 7.80. The summed E-state index contributed by atoms with van der Waals surface area (Å²) in [5.41, 5.74) is 9.32. The Morgan fingerprint density at radius 2 is 1.76 bits per heavy atom. The van der Waals surface area contributed by atoms with Crippen LogP contribution < -0.4 is 16.3 Å². The molecule has 1 aliphatic rings. The van der Waals surface area contributed by atoms with Crippen molar-refractivity contribution in [1.82, 2.24) is 10.7 Å². The van der Waals surface area contributed by atoms with Crippen LogP contribution in [-0.2, 0) is 4.74 Å². The van der Waals surface area contributed by atoms with Gasteiger partial charge >= 0.3 is 0 Å². The van der Waals surface area contributed by atoms with Crippen molar-refractivity contribution < 1.29 is 13.6 Å². The maximum Gasteiger partial charge on any atom is 0.239 e. The molecule has 1 fully saturated rings. The van der Waals surface area contributed by atoms with Crippen LogP contribution in [0.5, 0.6) is 0 Å². The summed E-state index contributed by atoms with van der Waals surface area (Å²) >= 11 is 5.34. The number of benzene rings is 1. The number of hydrogen-bond acceptors (Lipinski definition) is 5. The molecule has 0 radical (unpaired) electrons. The van der Waals surface area contributed by atoms with Crippen molar-refractivity contribution in [1.29, 1.82) is 0 Å². The van der Waals surface area contributed by atoms with Gasteiger partial charge in [-0.05, 0) is 76.9 Å². The van der Waals surface area contributed by atoms with Crippen LogP contribution in [0.25, 0.3) is 21.9 Å². The van der Waals surface area contributed by atoms with Gasteiger partial charge in [0.25, 0.3) is 0 Å². The van der Waals surface area contributed by atoms with Crippen molar-refractivity contribution in [3.8, 4) is 0 Å². The van der Waals surface area contributed by atoms with Crippen LogP contribution in [0.4, 0.5) is 0 Å². The third-order valence-corrected chi connectivity index (χ3v) is 6.14. The first-order valence-electron chi connectivity index (χ1n) is 9.99. The van der Waals surface area contributed by atoms with Gasteiger partial charge in [0, 0.05) is 35.1 Å². The van der Waals surface area contributed by atoms with E-state index in [4.69, 9.17) is 25.8 Å². The van der Waals surface area contributed by atoms with Crippen molar-refractivity contribution >= 4 is 39.3 Å². The van der Waals surface area contributed by atoms with E-state index in [1.54, 1.807) is 0 Å². The summed E-state index contributed by atoms with van der Waals surface area (Å²) in [5, 5.41) is 10.2. The molecule has 2 N–H and O–H groups in total. The molecule has 1 unspecified atom stereocenters. The number of furan rings is 1. The van der Waals surface area contributed by atoms with Crippen LogP contribution in [0.3, 0.4) is 0 Å². The van der Waals surface area contributed by atoms with E-state index in [9.17, 15) is 0 Å². The lowest BCUT2D eigenvalue weighted by Crippen LogP contribution is -2.38. The normalized spacial score (nSPS) is 17.4. The van der Waals surface area contributed by atoms with E-state index in [0.717, 1.165) is 63.8 Å². The number of ether oxygens (including phenoxy) is 1. The molecule has 3 heterocycles. The number of thiocarbonyl (C=S) groups is 1. The Hall–Kier alpha value is -2.38. The Bertz CT molecular complexity index is 1170. The average molecular weight is 414 g/mol. The number of hydrogen-bond donors (Lipinski definition) is 2. The third kappa shape index (κ3) is 3.65. The summed E-state index contributed by atoms with van der Waals surface area (Å²) in [5.74, 6) is 0.932. The minimum atomic E-state index is 0.217. The van der Waals surface area contributed by atoms with Crippen molar-refractivity contribution in [3.63, 3.8) is 0 Å². The highest BCUT2D eigenvalue weighted by molar-refractivity contribution is 7.80. The predicted octanol–water partition coefficient (Wildman–Crippen LogP) is 4.18. The van der Waals surface area contributed by atoms with Crippen molar-refractivity contribution in [2.75, 3.05) is 13.2 Å². The molecule has 1 aromatic carbocycles. The van der Waals surface area contributed by atoms with Crippen LogP contribution in [-0.4, -0.2) is 24.4 Å². The highest BCUT2D eigenvalue weighted by atomic mass is 32.1. The van der Waals surface area contributed by atoms with Crippen LogP contribution in [0.1, 0.15) is 40.9 Å². The average Bonchev–Trinajstić information content (AvgIpc) is 3.32. The maximum absolute atomic E-state index is 6.19. The second-order valence-corrected chi connectivity index (χ2v) is 8.17. The lowest BCUT2D eigenvalue weighted by atomic mass is 10.0. The van der Waals surface area contributed by atoms with Gasteiger partial charge in [-0.15, -0.1) is 5.10 Å². The lowest BCUT2D eigenvalue weighted by molar-refractivity contribution is 0.114. The molecule has 7 heteroatoms. The van der Waals surface area contributed by atoms with Crippen LogP contribution >= 0.6 is 12.2 Å². The Morgan fingerprint density at radius 1 is 1.03 bits per heavy atom. The SMILES string of the molecule is Cc1oc2c(C)c3o/c(=N/NC(=S)NCC4CCCO4)c(C)c(C)c3cc2c1C. The summed E-state index contributed by atoms with van der Waals surface area (Å²) in [7, 11) is 0. The standard InChI is InChI=1S/C22H27N3O3S/c1-11-12(2)21(24-25-22(29)23-10-16-7-6-8-26-16)28-20-14(4)19-18(9-17(11)20)13(3)15(5)27-19/h9,16H,6-8,10H2,1-5H3,(H2,23,25,29)/b24-21+. The molecule has 154 valence electrons. The molecule has 0 aliphatic carbocycles. The van der Waals surface area contributed by atoms with Gasteiger partial charge in [-0.25, -0.2) is 0 Å². The number of fused-ring (bicyclic) bond motifs is 2. The third-order valence-electron chi connectivity index (χ3n) is 5.91. The molecule has 1 atom stereocenters. The largest absolute Gasteiger partial charge is 0.461 e. The number of rotatable bonds is 3. The van der Waals surface area contributed by atoms with E-state index in [2.05, 4.69) is 35.8 Å². The molecule has 2 aromatic heterocycles. The van der Waals surface area contributed by atoms with Gasteiger partial charge in [0.15, 0.2) is 5.11 Å². The molecule has 4 rings (SSSR count). The summed E-state index contributed by atoms with van der Waals surface area (Å²) in [4.78, 5) is 0. The molecule has 6 nitrogen and oxygen atoms in total. The Morgan fingerprint density at radius 3 is 2.48 bits per heavy atom. The quantitative estimate of drug-likeness (QED) is 0.496. The summed E-state index contributed by atoms with van der Waals surface area (Å²) in [6.45, 7) is 11.7. The molecular formula is C22H27N3O3S. The van der Waals surface area contributed by atoms with Gasteiger partial charge in [-0.2, -0.15) is 0 Å². The molecule has 29 heavy (non-hydrogen) atoms. The highest BCUT2D eigenvalue weighted by Gasteiger charge is 2.17. The van der Waals surface area contributed by atoms with Gasteiger partial charge in [0.2, 0.25) is 5.55 Å². The highest BCUT2D eigenvalue weighted by Crippen LogP contribution is 2.34. The zero-order valence-corrected chi connectivity index (χ0v) is 18.4. The van der Waals surface area contributed by atoms with Gasteiger partial charge in [-0.3, -0.25) is 5.43 Å². The van der Waals surface area contributed by atoms with Gasteiger partial charge in [-0.1, -0.05) is 0 Å². The van der Waals surface area contributed by atoms with Crippen molar-refractivity contribution in [3.05, 3.63) is 39.6 Å². The summed E-state index contributed by atoms with van der Waals surface area (Å²) in [6.07, 6.45) is 2.38. The molecule has 0 amide bonds. The Balaban J connectivity index is 1.68. The summed E-state index contributed by atoms with van der Waals surface area (Å²) < 4.78 is 17.8. The van der Waals surface area contributed by atoms with Gasteiger partial charge < -0.3 is 18.9 Å². The van der Waals surface area contributed by atoms with E-state index < -0.39 is 0 Å². The van der Waals surface area contributed by atoms with Crippen molar-refractivity contribution in [2.45, 2.75) is 53.6 Å². The first kappa shape index (κ1) is 19.9. The van der Waals surface area contributed by atoms with E-state index in [1.807, 2.05) is 20.8 Å². The molecular weight excluding hydrogens is 386 g/mol. The van der Waals surface area contributed by atoms with E-state index in [0.29, 0.717) is 17.2 Å². The van der Waals surface area contributed by atoms with E-state index in [-0.39, 0.29) is 6.10 Å². The molecule has 1 saturated heterocycles. The lowest BCUT2D eigenvalue weighted by Gasteiger charge is -2.12. The van der Waals surface area contributed by atoms with Gasteiger partial charge in [0.1, 0.15) is 16.9 Å². The minimum absolute atomic E-state index is 0.217. The fourth-order valence-corrected chi connectivity index (χ4v) is 3.95. The second-order valence-electron chi connectivity index (χ2n) is 7.76.